The lowest BCUT2D eigenvalue weighted by molar-refractivity contribution is 0.601. The molecule has 0 unspecified atom stereocenters. The van der Waals surface area contributed by atoms with Gasteiger partial charge in [-0.1, -0.05) is 50.7 Å². The number of sulfonamides is 1. The second kappa shape index (κ2) is 6.64. The van der Waals surface area contributed by atoms with Crippen LogP contribution in [0.2, 0.25) is 15.1 Å². The first kappa shape index (κ1) is 17.4. The Labute approximate surface area is 153 Å². The Morgan fingerprint density at radius 3 is 2.00 bits per heavy atom. The fourth-order valence-corrected chi connectivity index (χ4v) is 4.67. The van der Waals surface area contributed by atoms with Crippen molar-refractivity contribution >= 4 is 82.4 Å². The third-order valence-corrected chi connectivity index (χ3v) is 6.06. The summed E-state index contributed by atoms with van der Waals surface area (Å²) in [5.41, 5.74) is 0.118. The van der Waals surface area contributed by atoms with E-state index in [9.17, 15) is 8.42 Å². The van der Waals surface area contributed by atoms with Gasteiger partial charge in [0, 0.05) is 8.95 Å². The Morgan fingerprint density at radius 1 is 0.905 bits per heavy atom. The van der Waals surface area contributed by atoms with Gasteiger partial charge in [-0.05, 0) is 46.3 Å². The van der Waals surface area contributed by atoms with E-state index in [1.807, 2.05) is 0 Å². The zero-order chi connectivity index (χ0) is 15.8. The highest BCUT2D eigenvalue weighted by Gasteiger charge is 2.19. The molecule has 0 heterocycles. The zero-order valence-electron chi connectivity index (χ0n) is 10.0. The third-order valence-electron chi connectivity index (χ3n) is 2.44. The lowest BCUT2D eigenvalue weighted by atomic mass is 10.3. The smallest absolute Gasteiger partial charge is 0.262 e. The summed E-state index contributed by atoms with van der Waals surface area (Å²) in [6.45, 7) is 0. The summed E-state index contributed by atoms with van der Waals surface area (Å²) in [6, 6.07) is 7.35. The topological polar surface area (TPSA) is 46.2 Å². The fourth-order valence-electron chi connectivity index (χ4n) is 1.48. The molecular formula is C12H6Br2Cl3NO2S. The molecule has 1 N–H and O–H groups in total. The quantitative estimate of drug-likeness (QED) is 0.572. The number of benzene rings is 2. The normalized spacial score (nSPS) is 11.5. The summed E-state index contributed by atoms with van der Waals surface area (Å²) >= 11 is 24.3. The van der Waals surface area contributed by atoms with Gasteiger partial charge in [-0.25, -0.2) is 8.42 Å². The van der Waals surface area contributed by atoms with E-state index in [-0.39, 0.29) is 20.6 Å². The summed E-state index contributed by atoms with van der Waals surface area (Å²) in [5, 5.41) is 0.783. The van der Waals surface area contributed by atoms with Gasteiger partial charge in [0.1, 0.15) is 0 Å². The van der Waals surface area contributed by atoms with Crippen molar-refractivity contribution in [1.82, 2.24) is 0 Å². The Bertz CT molecular complexity index is 789. The average Bonchev–Trinajstić information content (AvgIpc) is 2.37. The molecule has 21 heavy (non-hydrogen) atoms. The van der Waals surface area contributed by atoms with Gasteiger partial charge in [0.05, 0.1) is 25.7 Å². The first-order valence-electron chi connectivity index (χ1n) is 5.33. The number of halogens is 5. The predicted octanol–water partition coefficient (Wildman–Crippen LogP) is 5.97. The first-order chi connectivity index (χ1) is 9.70. The van der Waals surface area contributed by atoms with E-state index in [1.54, 1.807) is 12.1 Å². The molecule has 2 aromatic carbocycles. The van der Waals surface area contributed by atoms with Crippen LogP contribution in [0.15, 0.2) is 44.2 Å². The van der Waals surface area contributed by atoms with Gasteiger partial charge in [-0.3, -0.25) is 4.72 Å². The van der Waals surface area contributed by atoms with E-state index < -0.39 is 10.0 Å². The number of rotatable bonds is 3. The van der Waals surface area contributed by atoms with Crippen molar-refractivity contribution in [3.05, 3.63) is 54.3 Å². The Hall–Kier alpha value is 0.0200. The molecule has 0 bridgehead atoms. The highest BCUT2D eigenvalue weighted by atomic mass is 79.9. The van der Waals surface area contributed by atoms with Gasteiger partial charge in [0.2, 0.25) is 0 Å². The molecule has 0 saturated carbocycles. The Balaban J connectivity index is 2.44. The second-order valence-corrected chi connectivity index (χ2v) is 8.60. The molecule has 112 valence electrons. The van der Waals surface area contributed by atoms with E-state index >= 15 is 0 Å². The van der Waals surface area contributed by atoms with Gasteiger partial charge >= 0.3 is 0 Å². The minimum absolute atomic E-state index is 0.0360. The molecule has 0 amide bonds. The second-order valence-electron chi connectivity index (χ2n) is 3.93. The number of hydrogen-bond donors (Lipinski definition) is 1. The number of hydrogen-bond acceptors (Lipinski definition) is 2. The molecule has 0 aliphatic carbocycles. The van der Waals surface area contributed by atoms with Crippen LogP contribution in [0.5, 0.6) is 0 Å². The van der Waals surface area contributed by atoms with Gasteiger partial charge in [-0.2, -0.15) is 0 Å². The van der Waals surface area contributed by atoms with Crippen LogP contribution < -0.4 is 4.72 Å². The summed E-state index contributed by atoms with van der Waals surface area (Å²) in [4.78, 5) is 0.0360. The highest BCUT2D eigenvalue weighted by molar-refractivity contribution is 9.10. The van der Waals surface area contributed by atoms with Crippen molar-refractivity contribution in [1.29, 1.82) is 0 Å². The van der Waals surface area contributed by atoms with E-state index in [0.717, 1.165) is 0 Å². The third kappa shape index (κ3) is 4.06. The molecule has 0 spiro atoms. The van der Waals surface area contributed by atoms with Crippen molar-refractivity contribution in [2.24, 2.45) is 0 Å². The monoisotopic (exact) mass is 491 g/mol. The van der Waals surface area contributed by atoms with Crippen molar-refractivity contribution in [3.8, 4) is 0 Å². The summed E-state index contributed by atoms with van der Waals surface area (Å²) < 4.78 is 28.2. The van der Waals surface area contributed by atoms with Crippen LogP contribution in [0.25, 0.3) is 0 Å². The zero-order valence-corrected chi connectivity index (χ0v) is 16.3. The molecule has 2 aromatic rings. The van der Waals surface area contributed by atoms with E-state index in [1.165, 1.54) is 18.2 Å². The standard InChI is InChI=1S/C12H6Br2Cl3NO2S/c13-6-3-10(16)12(11(17)4-6)18-21(19,20)7-1-2-9(15)8(14)5-7/h1-5,18H. The van der Waals surface area contributed by atoms with Crippen molar-refractivity contribution in [3.63, 3.8) is 0 Å². The average molecular weight is 494 g/mol. The van der Waals surface area contributed by atoms with E-state index in [4.69, 9.17) is 34.8 Å². The lowest BCUT2D eigenvalue weighted by Crippen LogP contribution is -2.13. The summed E-state index contributed by atoms with van der Waals surface area (Å²) in [6.07, 6.45) is 0. The minimum Gasteiger partial charge on any atom is -0.277 e. The number of nitrogens with one attached hydrogen (secondary N) is 1. The van der Waals surface area contributed by atoms with Crippen LogP contribution >= 0.6 is 66.7 Å². The molecule has 0 aromatic heterocycles. The van der Waals surface area contributed by atoms with Crippen LogP contribution in [0.4, 0.5) is 5.69 Å². The molecule has 3 nitrogen and oxygen atoms in total. The van der Waals surface area contributed by atoms with E-state index in [0.29, 0.717) is 14.0 Å². The summed E-state index contributed by atoms with van der Waals surface area (Å²) in [7, 11) is -3.83. The molecule has 0 fully saturated rings. The highest BCUT2D eigenvalue weighted by Crippen LogP contribution is 2.35. The molecule has 9 heteroatoms. The molecule has 0 aliphatic heterocycles. The van der Waals surface area contributed by atoms with Gasteiger partial charge < -0.3 is 0 Å². The lowest BCUT2D eigenvalue weighted by Gasteiger charge is -2.12. The van der Waals surface area contributed by atoms with Crippen molar-refractivity contribution < 1.29 is 8.42 Å². The molecule has 0 atom stereocenters. The van der Waals surface area contributed by atoms with Crippen molar-refractivity contribution in [2.75, 3.05) is 4.72 Å². The van der Waals surface area contributed by atoms with Crippen LogP contribution in [0.1, 0.15) is 0 Å². The van der Waals surface area contributed by atoms with Gasteiger partial charge in [0.15, 0.2) is 0 Å². The maximum atomic E-state index is 12.4. The molecule has 0 radical (unpaired) electrons. The van der Waals surface area contributed by atoms with Crippen LogP contribution in [0, 0.1) is 0 Å². The molecular weight excluding hydrogens is 488 g/mol. The van der Waals surface area contributed by atoms with Crippen molar-refractivity contribution in [2.45, 2.75) is 4.90 Å². The number of anilines is 1. The van der Waals surface area contributed by atoms with E-state index in [2.05, 4.69) is 36.6 Å². The van der Waals surface area contributed by atoms with Crippen LogP contribution in [-0.4, -0.2) is 8.42 Å². The Morgan fingerprint density at radius 2 is 1.48 bits per heavy atom. The largest absolute Gasteiger partial charge is 0.277 e. The fraction of sp³-hybridized carbons (Fsp3) is 0. The molecule has 0 saturated heterocycles. The van der Waals surface area contributed by atoms with Gasteiger partial charge in [-0.15, -0.1) is 0 Å². The predicted molar refractivity (Wildman–Crippen MR) is 94.1 cm³/mol. The minimum atomic E-state index is -3.83. The maximum absolute atomic E-state index is 12.4. The van der Waals surface area contributed by atoms with Crippen LogP contribution in [-0.2, 0) is 10.0 Å². The maximum Gasteiger partial charge on any atom is 0.262 e. The Kier molecular flexibility index (Phi) is 5.50. The van der Waals surface area contributed by atoms with Crippen LogP contribution in [0.3, 0.4) is 0 Å². The van der Waals surface area contributed by atoms with Gasteiger partial charge in [0.25, 0.3) is 10.0 Å². The SMILES string of the molecule is O=S(=O)(Nc1c(Cl)cc(Br)cc1Cl)c1ccc(Cl)c(Br)c1. The summed E-state index contributed by atoms with van der Waals surface area (Å²) in [5.74, 6) is 0. The molecule has 2 rings (SSSR count). The first-order valence-corrected chi connectivity index (χ1v) is 9.53. The molecule has 0 aliphatic rings.